The van der Waals surface area contributed by atoms with Gasteiger partial charge in [0.15, 0.2) is 5.78 Å². The van der Waals surface area contributed by atoms with Crippen LogP contribution in [-0.4, -0.2) is 21.0 Å². The number of benzene rings is 2. The van der Waals surface area contributed by atoms with Crippen molar-refractivity contribution in [3.05, 3.63) is 111 Å². The van der Waals surface area contributed by atoms with Crippen LogP contribution in [0, 0.1) is 11.7 Å². The number of amides is 1. The molecule has 4 aromatic rings. The van der Waals surface area contributed by atoms with Crippen LogP contribution in [0.5, 0.6) is 11.6 Å². The Bertz CT molecular complexity index is 1560. The molecule has 198 valence electrons. The number of pyridine rings is 1. The molecule has 6 rings (SSSR count). The quantitative estimate of drug-likeness (QED) is 0.184. The van der Waals surface area contributed by atoms with E-state index in [1.807, 2.05) is 16.8 Å². The van der Waals surface area contributed by atoms with E-state index in [1.165, 1.54) is 27.8 Å². The maximum Gasteiger partial charge on any atom is 0.248 e. The van der Waals surface area contributed by atoms with E-state index in [4.69, 9.17) is 34.1 Å². The molecule has 1 aliphatic heterocycles. The van der Waals surface area contributed by atoms with E-state index in [1.54, 1.807) is 48.5 Å². The summed E-state index contributed by atoms with van der Waals surface area (Å²) in [7, 11) is 0. The number of rotatable bonds is 7. The van der Waals surface area contributed by atoms with Crippen LogP contribution in [0.4, 0.5) is 4.39 Å². The fourth-order valence-corrected chi connectivity index (χ4v) is 6.59. The predicted octanol–water partition coefficient (Wildman–Crippen LogP) is 7.35. The summed E-state index contributed by atoms with van der Waals surface area (Å²) in [4.78, 5) is 32.3. The lowest BCUT2D eigenvalue weighted by Gasteiger charge is -2.45. The number of thiol groups is 1. The summed E-state index contributed by atoms with van der Waals surface area (Å²) >= 11 is 12.5. The number of aromatic nitrogens is 1. The Hall–Kier alpha value is -3.20. The van der Waals surface area contributed by atoms with E-state index in [9.17, 15) is 14.0 Å². The standard InChI is InChI=1S/C30H24ClFN2O3S2/c31-23-5-2-1-4-22(23)28-24(35)16-30(34(38)29(28)36,20-12-13-39-17-20)26-6-3-7-27(33-26)37-25-11-10-21(32)15-19(25)14-18-8-9-18/h1-7,10-13,15,17-18,28,38H,8-9,14,16H2. The molecule has 2 aromatic carbocycles. The first kappa shape index (κ1) is 26.0. The fraction of sp³-hybridized carbons (Fsp3) is 0.233. The molecule has 0 bridgehead atoms. The van der Waals surface area contributed by atoms with E-state index < -0.39 is 17.4 Å². The highest BCUT2D eigenvalue weighted by atomic mass is 35.5. The molecule has 3 heterocycles. The van der Waals surface area contributed by atoms with E-state index in [2.05, 4.69) is 0 Å². The van der Waals surface area contributed by atoms with Crippen LogP contribution in [0.2, 0.25) is 5.02 Å². The van der Waals surface area contributed by atoms with Gasteiger partial charge >= 0.3 is 0 Å². The predicted molar refractivity (Wildman–Crippen MR) is 152 cm³/mol. The normalized spacial score (nSPS) is 21.3. The van der Waals surface area contributed by atoms with Gasteiger partial charge in [-0.3, -0.25) is 13.9 Å². The highest BCUT2D eigenvalue weighted by Crippen LogP contribution is 2.48. The van der Waals surface area contributed by atoms with Crippen molar-refractivity contribution in [3.63, 3.8) is 0 Å². The number of ketones is 1. The molecule has 1 amide bonds. The topological polar surface area (TPSA) is 59.5 Å². The Kier molecular flexibility index (Phi) is 6.95. The summed E-state index contributed by atoms with van der Waals surface area (Å²) in [6.45, 7) is 0. The number of carbonyl (C=O) groups excluding carboxylic acids is 2. The molecule has 39 heavy (non-hydrogen) atoms. The molecule has 0 N–H and O–H groups in total. The smallest absolute Gasteiger partial charge is 0.248 e. The van der Waals surface area contributed by atoms with Gasteiger partial charge in [0.05, 0.1) is 5.69 Å². The Morgan fingerprint density at radius 1 is 1.10 bits per heavy atom. The molecule has 5 nitrogen and oxygen atoms in total. The first-order valence-electron chi connectivity index (χ1n) is 12.6. The van der Waals surface area contributed by atoms with Crippen molar-refractivity contribution in [2.45, 2.75) is 37.1 Å². The highest BCUT2D eigenvalue weighted by molar-refractivity contribution is 7.78. The van der Waals surface area contributed by atoms with E-state index in [-0.39, 0.29) is 23.9 Å². The summed E-state index contributed by atoms with van der Waals surface area (Å²) in [5.41, 5.74) is 1.16. The molecule has 2 aromatic heterocycles. The maximum atomic E-state index is 14.0. The van der Waals surface area contributed by atoms with Crippen molar-refractivity contribution < 1.29 is 18.7 Å². The van der Waals surface area contributed by atoms with Crippen molar-refractivity contribution >= 4 is 47.4 Å². The lowest BCUT2D eigenvalue weighted by Crippen LogP contribution is -2.54. The number of carbonyl (C=O) groups is 2. The molecule has 2 atom stereocenters. The van der Waals surface area contributed by atoms with Gasteiger partial charge in [-0.1, -0.05) is 48.7 Å². The SMILES string of the molecule is O=C1CC(c2ccsc2)(c2cccc(Oc3ccc(F)cc3CC3CC3)n2)N(S)C(=O)C1c1ccccc1Cl. The molecule has 9 heteroatoms. The zero-order valence-electron chi connectivity index (χ0n) is 20.7. The minimum absolute atomic E-state index is 0.0468. The zero-order chi connectivity index (χ0) is 27.1. The van der Waals surface area contributed by atoms with E-state index in [0.717, 1.165) is 30.4 Å². The summed E-state index contributed by atoms with van der Waals surface area (Å²) in [5.74, 6) is -0.773. The minimum Gasteiger partial charge on any atom is -0.439 e. The van der Waals surface area contributed by atoms with Gasteiger partial charge in [-0.2, -0.15) is 11.3 Å². The third-order valence-corrected chi connectivity index (χ3v) is 8.94. The van der Waals surface area contributed by atoms with Crippen molar-refractivity contribution in [3.8, 4) is 11.6 Å². The molecule has 2 fully saturated rings. The van der Waals surface area contributed by atoms with E-state index in [0.29, 0.717) is 27.9 Å². The van der Waals surface area contributed by atoms with Crippen LogP contribution in [-0.2, 0) is 21.5 Å². The van der Waals surface area contributed by atoms with Crippen LogP contribution < -0.4 is 4.74 Å². The Labute approximate surface area is 240 Å². The van der Waals surface area contributed by atoms with E-state index >= 15 is 0 Å². The summed E-state index contributed by atoms with van der Waals surface area (Å²) in [5, 5.41) is 4.13. The van der Waals surface area contributed by atoms with Gasteiger partial charge in [0.1, 0.15) is 23.0 Å². The van der Waals surface area contributed by atoms with Gasteiger partial charge in [0.2, 0.25) is 11.8 Å². The summed E-state index contributed by atoms with van der Waals surface area (Å²) < 4.78 is 21.5. The van der Waals surface area contributed by atoms with Crippen LogP contribution in [0.1, 0.15) is 47.6 Å². The molecule has 0 spiro atoms. The monoisotopic (exact) mass is 578 g/mol. The van der Waals surface area contributed by atoms with Crippen molar-refractivity contribution in [1.29, 1.82) is 0 Å². The molecule has 2 unspecified atom stereocenters. The van der Waals surface area contributed by atoms with Crippen LogP contribution in [0.25, 0.3) is 0 Å². The number of thiophene rings is 1. The molecular formula is C30H24ClFN2O3S2. The maximum absolute atomic E-state index is 14.0. The third-order valence-electron chi connectivity index (χ3n) is 7.37. The molecule has 2 aliphatic rings. The van der Waals surface area contributed by atoms with Gasteiger partial charge in [-0.25, -0.2) is 9.37 Å². The lowest BCUT2D eigenvalue weighted by atomic mass is 9.75. The summed E-state index contributed by atoms with van der Waals surface area (Å²) in [6, 6.07) is 18.5. The molecule has 0 radical (unpaired) electrons. The Balaban J connectivity index is 1.40. The third kappa shape index (κ3) is 4.86. The lowest BCUT2D eigenvalue weighted by molar-refractivity contribution is -0.142. The number of piperidine rings is 1. The minimum atomic E-state index is -1.26. The second kappa shape index (κ2) is 10.4. The molecule has 1 saturated carbocycles. The molecule has 1 saturated heterocycles. The second-order valence-electron chi connectivity index (χ2n) is 9.98. The van der Waals surface area contributed by atoms with Gasteiger partial charge in [-0.15, -0.1) is 0 Å². The van der Waals surface area contributed by atoms with Crippen LogP contribution in [0.3, 0.4) is 0 Å². The Morgan fingerprint density at radius 2 is 1.92 bits per heavy atom. The van der Waals surface area contributed by atoms with Gasteiger partial charge in [-0.05, 0) is 89.0 Å². The van der Waals surface area contributed by atoms with Crippen LogP contribution in [0.15, 0.2) is 77.5 Å². The van der Waals surface area contributed by atoms with Crippen molar-refractivity contribution in [2.24, 2.45) is 5.92 Å². The fourth-order valence-electron chi connectivity index (χ4n) is 5.22. The average Bonchev–Trinajstić information content (AvgIpc) is 3.57. The number of hydrogen-bond donors (Lipinski definition) is 1. The average molecular weight is 579 g/mol. The van der Waals surface area contributed by atoms with Crippen LogP contribution >= 0.6 is 35.8 Å². The van der Waals surface area contributed by atoms with Crippen molar-refractivity contribution in [1.82, 2.24) is 9.29 Å². The number of Topliss-reactive ketones (excluding diaryl/α,β-unsaturated/α-hetero) is 1. The number of halogens is 2. The second-order valence-corrected chi connectivity index (χ2v) is 11.6. The van der Waals surface area contributed by atoms with Crippen molar-refractivity contribution in [2.75, 3.05) is 0 Å². The molecule has 1 aliphatic carbocycles. The number of ether oxygens (including phenoxy) is 1. The first-order valence-corrected chi connectivity index (χ1v) is 14.4. The molecular weight excluding hydrogens is 555 g/mol. The number of hydrogen-bond acceptors (Lipinski definition) is 6. The summed E-state index contributed by atoms with van der Waals surface area (Å²) in [6.07, 6.45) is 2.95. The number of nitrogens with zero attached hydrogens (tertiary/aromatic N) is 2. The largest absolute Gasteiger partial charge is 0.439 e. The first-order chi connectivity index (χ1) is 18.9. The zero-order valence-corrected chi connectivity index (χ0v) is 23.2. The van der Waals surface area contributed by atoms with Gasteiger partial charge in [0, 0.05) is 17.5 Å². The van der Waals surface area contributed by atoms with Gasteiger partial charge in [0.25, 0.3) is 0 Å². The Morgan fingerprint density at radius 3 is 2.67 bits per heavy atom. The van der Waals surface area contributed by atoms with Gasteiger partial charge < -0.3 is 4.74 Å². The highest BCUT2D eigenvalue weighted by Gasteiger charge is 2.53.